The van der Waals surface area contributed by atoms with Crippen LogP contribution >= 0.6 is 0 Å². The topological polar surface area (TPSA) is 113 Å². The number of nitrogens with zero attached hydrogens (tertiary/aromatic N) is 4. The molecule has 8 nitrogen and oxygen atoms in total. The summed E-state index contributed by atoms with van der Waals surface area (Å²) in [5.41, 5.74) is 5.43. The Bertz CT molecular complexity index is 1160. The Morgan fingerprint density at radius 1 is 1.37 bits per heavy atom. The number of rotatable bonds is 6. The molecule has 0 spiro atoms. The molecule has 0 amide bonds. The number of esters is 1. The maximum absolute atomic E-state index is 11.7. The van der Waals surface area contributed by atoms with E-state index >= 15 is 0 Å². The van der Waals surface area contributed by atoms with Gasteiger partial charge in [0.2, 0.25) is 0 Å². The molecule has 0 aliphatic carbocycles. The number of nitriles is 1. The molecule has 1 aliphatic rings. The lowest BCUT2D eigenvalue weighted by atomic mass is 9.95. The Morgan fingerprint density at radius 2 is 2.20 bits per heavy atom. The standard InChI is InChI=1S/C22H21N5O3/c1-13-5-21(25-9-16(13)6-23)27-11-15(8-26-27)7-24-10-20(28)17-3-4-18-19(14(17)2)12-30-22(18)29/h3-5,8-9,11,20,24,28H,7,10,12H2,1-2H3. The summed E-state index contributed by atoms with van der Waals surface area (Å²) in [5.74, 6) is 0.333. The minimum absolute atomic E-state index is 0.260. The van der Waals surface area contributed by atoms with Crippen molar-refractivity contribution in [1.82, 2.24) is 20.1 Å². The molecule has 2 N–H and O–H groups in total. The van der Waals surface area contributed by atoms with Crippen molar-refractivity contribution in [2.45, 2.75) is 33.1 Å². The molecule has 1 unspecified atom stereocenters. The first-order chi connectivity index (χ1) is 14.5. The van der Waals surface area contributed by atoms with Crippen LogP contribution in [0.15, 0.2) is 36.8 Å². The lowest BCUT2D eigenvalue weighted by Crippen LogP contribution is -2.21. The summed E-state index contributed by atoms with van der Waals surface area (Å²) >= 11 is 0. The fourth-order valence-corrected chi connectivity index (χ4v) is 3.55. The van der Waals surface area contributed by atoms with Gasteiger partial charge in [0.1, 0.15) is 12.7 Å². The lowest BCUT2D eigenvalue weighted by Gasteiger charge is -2.16. The minimum atomic E-state index is -0.705. The monoisotopic (exact) mass is 403 g/mol. The van der Waals surface area contributed by atoms with E-state index in [-0.39, 0.29) is 12.6 Å². The molecule has 0 saturated carbocycles. The number of aromatic nitrogens is 3. The molecule has 1 atom stereocenters. The third-order valence-electron chi connectivity index (χ3n) is 5.32. The molecule has 2 aromatic heterocycles. The van der Waals surface area contributed by atoms with Crippen LogP contribution < -0.4 is 5.32 Å². The highest BCUT2D eigenvalue weighted by atomic mass is 16.5. The summed E-state index contributed by atoms with van der Waals surface area (Å²) in [5, 5.41) is 27.2. The largest absolute Gasteiger partial charge is 0.457 e. The summed E-state index contributed by atoms with van der Waals surface area (Å²) in [6.45, 7) is 4.90. The Morgan fingerprint density at radius 3 is 2.97 bits per heavy atom. The van der Waals surface area contributed by atoms with Gasteiger partial charge in [-0.1, -0.05) is 6.07 Å². The van der Waals surface area contributed by atoms with Crippen molar-refractivity contribution >= 4 is 5.97 Å². The number of hydrogen-bond donors (Lipinski definition) is 2. The summed E-state index contributed by atoms with van der Waals surface area (Å²) < 4.78 is 6.73. The average Bonchev–Trinajstić information content (AvgIpc) is 3.36. The van der Waals surface area contributed by atoms with E-state index in [1.165, 1.54) is 6.20 Å². The molecule has 30 heavy (non-hydrogen) atoms. The number of carbonyl (C=O) groups excluding carboxylic acids is 1. The van der Waals surface area contributed by atoms with Crippen LogP contribution in [0.4, 0.5) is 0 Å². The molecule has 1 aromatic carbocycles. The fraction of sp³-hybridized carbons (Fsp3) is 0.273. The van der Waals surface area contributed by atoms with Gasteiger partial charge in [0.15, 0.2) is 5.82 Å². The number of aryl methyl sites for hydroxylation is 1. The number of benzene rings is 1. The number of carbonyl (C=O) groups is 1. The van der Waals surface area contributed by atoms with Crippen molar-refractivity contribution in [3.05, 3.63) is 75.7 Å². The van der Waals surface area contributed by atoms with Crippen LogP contribution in [0.25, 0.3) is 5.82 Å². The average molecular weight is 403 g/mol. The van der Waals surface area contributed by atoms with Crippen molar-refractivity contribution in [3.63, 3.8) is 0 Å². The molecular weight excluding hydrogens is 382 g/mol. The van der Waals surface area contributed by atoms with Crippen LogP contribution in [0.5, 0.6) is 0 Å². The molecule has 0 saturated heterocycles. The second-order valence-corrected chi connectivity index (χ2v) is 7.29. The van der Waals surface area contributed by atoms with Gasteiger partial charge in [-0.3, -0.25) is 0 Å². The van der Waals surface area contributed by atoms with Crippen molar-refractivity contribution in [2.24, 2.45) is 0 Å². The summed E-state index contributed by atoms with van der Waals surface area (Å²) in [4.78, 5) is 15.9. The number of hydrogen-bond acceptors (Lipinski definition) is 7. The van der Waals surface area contributed by atoms with Crippen LogP contribution in [0.3, 0.4) is 0 Å². The number of aliphatic hydroxyl groups is 1. The molecule has 3 aromatic rings. The Labute approximate surface area is 173 Å². The summed E-state index contributed by atoms with van der Waals surface area (Å²) in [6, 6.07) is 7.42. The van der Waals surface area contributed by atoms with Gasteiger partial charge in [-0.25, -0.2) is 14.5 Å². The van der Waals surface area contributed by atoms with Gasteiger partial charge in [0.25, 0.3) is 0 Å². The van der Waals surface area contributed by atoms with Crippen LogP contribution in [0, 0.1) is 25.2 Å². The van der Waals surface area contributed by atoms with E-state index in [1.54, 1.807) is 23.0 Å². The maximum Gasteiger partial charge on any atom is 0.338 e. The van der Waals surface area contributed by atoms with Gasteiger partial charge in [-0.15, -0.1) is 0 Å². The van der Waals surface area contributed by atoms with E-state index in [0.29, 0.717) is 30.0 Å². The van der Waals surface area contributed by atoms with Crippen LogP contribution in [-0.2, 0) is 17.9 Å². The first-order valence-corrected chi connectivity index (χ1v) is 9.57. The van der Waals surface area contributed by atoms with Crippen LogP contribution in [0.2, 0.25) is 0 Å². The number of nitrogens with one attached hydrogen (secondary N) is 1. The number of aliphatic hydroxyl groups excluding tert-OH is 1. The van der Waals surface area contributed by atoms with E-state index in [1.807, 2.05) is 26.1 Å². The molecule has 1 aliphatic heterocycles. The third kappa shape index (κ3) is 3.68. The van der Waals surface area contributed by atoms with E-state index in [4.69, 9.17) is 10.00 Å². The van der Waals surface area contributed by atoms with Crippen LogP contribution in [0.1, 0.15) is 49.8 Å². The molecule has 0 radical (unpaired) electrons. The fourth-order valence-electron chi connectivity index (χ4n) is 3.55. The van der Waals surface area contributed by atoms with Gasteiger partial charge in [0.05, 0.1) is 23.4 Å². The minimum Gasteiger partial charge on any atom is -0.457 e. The number of cyclic esters (lactones) is 1. The predicted molar refractivity (Wildman–Crippen MR) is 108 cm³/mol. The van der Waals surface area contributed by atoms with Gasteiger partial charge in [0, 0.05) is 36.6 Å². The Hall–Kier alpha value is -3.54. The lowest BCUT2D eigenvalue weighted by molar-refractivity contribution is 0.0535. The molecule has 0 fully saturated rings. The Balaban J connectivity index is 1.38. The molecule has 152 valence electrons. The summed E-state index contributed by atoms with van der Waals surface area (Å²) in [7, 11) is 0. The van der Waals surface area contributed by atoms with Gasteiger partial charge in [-0.05, 0) is 42.7 Å². The highest BCUT2D eigenvalue weighted by molar-refractivity contribution is 5.93. The normalized spacial score (nSPS) is 13.6. The highest BCUT2D eigenvalue weighted by Gasteiger charge is 2.25. The zero-order chi connectivity index (χ0) is 21.3. The highest BCUT2D eigenvalue weighted by Crippen LogP contribution is 2.28. The quantitative estimate of drug-likeness (QED) is 0.607. The smallest absolute Gasteiger partial charge is 0.338 e. The number of pyridine rings is 1. The second kappa shape index (κ2) is 8.06. The first kappa shape index (κ1) is 19.8. The molecule has 3 heterocycles. The second-order valence-electron chi connectivity index (χ2n) is 7.29. The zero-order valence-corrected chi connectivity index (χ0v) is 16.7. The van der Waals surface area contributed by atoms with E-state index in [0.717, 1.165) is 27.8 Å². The van der Waals surface area contributed by atoms with Crippen molar-refractivity contribution in [1.29, 1.82) is 5.26 Å². The third-order valence-corrected chi connectivity index (χ3v) is 5.32. The van der Waals surface area contributed by atoms with Crippen molar-refractivity contribution < 1.29 is 14.6 Å². The zero-order valence-electron chi connectivity index (χ0n) is 16.7. The van der Waals surface area contributed by atoms with Crippen molar-refractivity contribution in [3.8, 4) is 11.9 Å². The molecular formula is C22H21N5O3. The van der Waals surface area contributed by atoms with Gasteiger partial charge in [-0.2, -0.15) is 10.4 Å². The number of ether oxygens (including phenoxy) is 1. The maximum atomic E-state index is 11.7. The van der Waals surface area contributed by atoms with Crippen LogP contribution in [-0.4, -0.2) is 32.4 Å². The van der Waals surface area contributed by atoms with Crippen molar-refractivity contribution in [2.75, 3.05) is 6.54 Å². The predicted octanol–water partition coefficient (Wildman–Crippen LogP) is 2.25. The summed E-state index contributed by atoms with van der Waals surface area (Å²) in [6.07, 6.45) is 4.43. The first-order valence-electron chi connectivity index (χ1n) is 9.57. The molecule has 4 rings (SSSR count). The molecule has 0 bridgehead atoms. The van der Waals surface area contributed by atoms with E-state index in [9.17, 15) is 9.90 Å². The number of fused-ring (bicyclic) bond motifs is 1. The Kier molecular flexibility index (Phi) is 5.31. The van der Waals surface area contributed by atoms with E-state index < -0.39 is 6.10 Å². The molecule has 8 heteroatoms. The van der Waals surface area contributed by atoms with E-state index in [2.05, 4.69) is 21.5 Å². The van der Waals surface area contributed by atoms with Gasteiger partial charge >= 0.3 is 5.97 Å². The van der Waals surface area contributed by atoms with Gasteiger partial charge < -0.3 is 15.2 Å². The SMILES string of the molecule is Cc1cc(-n2cc(CNCC(O)c3ccc4c(c3C)COC4=O)cn2)ncc1C#N.